The molecule has 0 aliphatic carbocycles. The predicted molar refractivity (Wildman–Crippen MR) is 80.9 cm³/mol. The van der Waals surface area contributed by atoms with Crippen LogP contribution >= 0.6 is 22.6 Å². The van der Waals surface area contributed by atoms with Crippen molar-refractivity contribution in [3.05, 3.63) is 51.7 Å². The number of ether oxygens (including phenoxy) is 1. The van der Waals surface area contributed by atoms with E-state index in [9.17, 15) is 0 Å². The lowest BCUT2D eigenvalue weighted by Crippen LogP contribution is -2.11. The molecule has 0 aliphatic heterocycles. The van der Waals surface area contributed by atoms with E-state index in [1.54, 1.807) is 0 Å². The maximum absolute atomic E-state index is 5.66. The summed E-state index contributed by atoms with van der Waals surface area (Å²) in [7, 11) is 0. The molecule has 2 aromatic rings. The highest BCUT2D eigenvalue weighted by atomic mass is 127. The second-order valence-corrected chi connectivity index (χ2v) is 5.09. The van der Waals surface area contributed by atoms with Crippen molar-refractivity contribution in [2.75, 3.05) is 6.54 Å². The second-order valence-electron chi connectivity index (χ2n) is 3.84. The molecule has 0 saturated heterocycles. The van der Waals surface area contributed by atoms with E-state index in [-0.39, 0.29) is 0 Å². The molecule has 0 bridgehead atoms. The van der Waals surface area contributed by atoms with Crippen molar-refractivity contribution >= 4 is 22.6 Å². The second kappa shape index (κ2) is 6.70. The van der Waals surface area contributed by atoms with Crippen molar-refractivity contribution in [1.29, 1.82) is 0 Å². The van der Waals surface area contributed by atoms with Gasteiger partial charge in [0.25, 0.3) is 0 Å². The van der Waals surface area contributed by atoms with E-state index in [0.29, 0.717) is 5.88 Å². The first kappa shape index (κ1) is 13.3. The molecule has 1 N–H and O–H groups in total. The van der Waals surface area contributed by atoms with Crippen LogP contribution in [0.1, 0.15) is 12.5 Å². The number of pyridine rings is 1. The molecule has 4 heteroatoms. The largest absolute Gasteiger partial charge is 0.439 e. The first-order chi connectivity index (χ1) is 8.78. The highest BCUT2D eigenvalue weighted by molar-refractivity contribution is 14.1. The zero-order valence-electron chi connectivity index (χ0n) is 10.2. The van der Waals surface area contributed by atoms with Crippen LogP contribution in [-0.4, -0.2) is 11.5 Å². The fourth-order valence-corrected chi connectivity index (χ4v) is 1.83. The molecule has 1 heterocycles. The molecule has 18 heavy (non-hydrogen) atoms. The molecule has 2 rings (SSSR count). The van der Waals surface area contributed by atoms with E-state index in [4.69, 9.17) is 4.74 Å². The Morgan fingerprint density at radius 3 is 2.56 bits per heavy atom. The third kappa shape index (κ3) is 3.96. The molecule has 94 valence electrons. The van der Waals surface area contributed by atoms with Crippen LogP contribution in [0, 0.1) is 3.57 Å². The van der Waals surface area contributed by atoms with Gasteiger partial charge in [-0.2, -0.15) is 0 Å². The Kier molecular flexibility index (Phi) is 4.95. The lowest BCUT2D eigenvalue weighted by Gasteiger charge is -2.06. The third-order valence-corrected chi connectivity index (χ3v) is 3.13. The number of nitrogens with zero attached hydrogens (tertiary/aromatic N) is 1. The molecular weight excluding hydrogens is 339 g/mol. The lowest BCUT2D eigenvalue weighted by atomic mass is 10.3. The molecule has 1 aromatic carbocycles. The van der Waals surface area contributed by atoms with E-state index in [0.717, 1.165) is 24.4 Å². The molecular formula is C14H15IN2O. The van der Waals surface area contributed by atoms with Crippen LogP contribution in [0.15, 0.2) is 42.6 Å². The summed E-state index contributed by atoms with van der Waals surface area (Å²) < 4.78 is 6.85. The molecule has 0 spiro atoms. The zero-order valence-corrected chi connectivity index (χ0v) is 12.3. The monoisotopic (exact) mass is 354 g/mol. The summed E-state index contributed by atoms with van der Waals surface area (Å²) in [5.74, 6) is 1.43. The standard InChI is InChI=1S/C14H15IN2O/c1-2-16-9-11-3-8-14(17-10-11)18-13-6-4-12(15)5-7-13/h3-8,10,16H,2,9H2,1H3. The van der Waals surface area contributed by atoms with Crippen molar-refractivity contribution in [2.24, 2.45) is 0 Å². The van der Waals surface area contributed by atoms with Gasteiger partial charge in [0.05, 0.1) is 0 Å². The molecule has 0 saturated carbocycles. The van der Waals surface area contributed by atoms with E-state index in [1.807, 2.05) is 42.6 Å². The van der Waals surface area contributed by atoms with E-state index in [1.165, 1.54) is 3.57 Å². The fourth-order valence-electron chi connectivity index (χ4n) is 1.47. The van der Waals surface area contributed by atoms with Crippen molar-refractivity contribution in [2.45, 2.75) is 13.5 Å². The number of halogens is 1. The highest BCUT2D eigenvalue weighted by Gasteiger charge is 1.99. The number of rotatable bonds is 5. The first-order valence-electron chi connectivity index (χ1n) is 5.87. The molecule has 3 nitrogen and oxygen atoms in total. The quantitative estimate of drug-likeness (QED) is 0.834. The number of nitrogens with one attached hydrogen (secondary N) is 1. The van der Waals surface area contributed by atoms with E-state index < -0.39 is 0 Å². The highest BCUT2D eigenvalue weighted by Crippen LogP contribution is 2.20. The van der Waals surface area contributed by atoms with Gasteiger partial charge in [-0.25, -0.2) is 4.98 Å². The lowest BCUT2D eigenvalue weighted by molar-refractivity contribution is 0.462. The summed E-state index contributed by atoms with van der Waals surface area (Å²) in [4.78, 5) is 4.29. The summed E-state index contributed by atoms with van der Waals surface area (Å²) in [6.45, 7) is 3.88. The molecule has 0 aliphatic rings. The van der Waals surface area contributed by atoms with Gasteiger partial charge < -0.3 is 10.1 Å². The number of hydrogen-bond donors (Lipinski definition) is 1. The van der Waals surface area contributed by atoms with Gasteiger partial charge in [-0.1, -0.05) is 13.0 Å². The van der Waals surface area contributed by atoms with Crippen LogP contribution in [0.3, 0.4) is 0 Å². The summed E-state index contributed by atoms with van der Waals surface area (Å²) in [6.07, 6.45) is 1.84. The predicted octanol–water partition coefficient (Wildman–Crippen LogP) is 3.59. The van der Waals surface area contributed by atoms with Crippen molar-refractivity contribution in [1.82, 2.24) is 10.3 Å². The van der Waals surface area contributed by atoms with Gasteiger partial charge in [0, 0.05) is 22.4 Å². The van der Waals surface area contributed by atoms with Gasteiger partial charge in [0.2, 0.25) is 5.88 Å². The average Bonchev–Trinajstić information content (AvgIpc) is 2.41. The Labute approximate surface area is 121 Å². The fraction of sp³-hybridized carbons (Fsp3) is 0.214. The SMILES string of the molecule is CCNCc1ccc(Oc2ccc(I)cc2)nc1. The number of aromatic nitrogens is 1. The Morgan fingerprint density at radius 1 is 1.17 bits per heavy atom. The molecule has 1 aromatic heterocycles. The van der Waals surface area contributed by atoms with Crippen LogP contribution in [-0.2, 0) is 6.54 Å². The van der Waals surface area contributed by atoms with Crippen LogP contribution in [0.4, 0.5) is 0 Å². The maximum atomic E-state index is 5.66. The van der Waals surface area contributed by atoms with Crippen LogP contribution in [0.2, 0.25) is 0 Å². The van der Waals surface area contributed by atoms with E-state index in [2.05, 4.69) is 39.8 Å². The van der Waals surface area contributed by atoms with Gasteiger partial charge in [0.15, 0.2) is 0 Å². The molecule has 0 fully saturated rings. The Hall–Kier alpha value is -1.14. The summed E-state index contributed by atoms with van der Waals surface area (Å²) in [5, 5.41) is 3.26. The third-order valence-electron chi connectivity index (χ3n) is 2.41. The van der Waals surface area contributed by atoms with Gasteiger partial charge in [0.1, 0.15) is 5.75 Å². The van der Waals surface area contributed by atoms with Crippen LogP contribution < -0.4 is 10.1 Å². The summed E-state index contributed by atoms with van der Waals surface area (Å²) in [5.41, 5.74) is 1.16. The van der Waals surface area contributed by atoms with Gasteiger partial charge >= 0.3 is 0 Å². The maximum Gasteiger partial charge on any atom is 0.219 e. The smallest absolute Gasteiger partial charge is 0.219 e. The Morgan fingerprint density at radius 2 is 1.94 bits per heavy atom. The van der Waals surface area contributed by atoms with Gasteiger partial charge in [-0.05, 0) is 59.0 Å². The number of benzene rings is 1. The first-order valence-corrected chi connectivity index (χ1v) is 6.95. The minimum absolute atomic E-state index is 0.622. The summed E-state index contributed by atoms with van der Waals surface area (Å²) in [6, 6.07) is 11.8. The summed E-state index contributed by atoms with van der Waals surface area (Å²) >= 11 is 2.27. The van der Waals surface area contributed by atoms with Crippen molar-refractivity contribution in [3.8, 4) is 11.6 Å². The van der Waals surface area contributed by atoms with Gasteiger partial charge in [-0.3, -0.25) is 0 Å². The Balaban J connectivity index is 1.99. The Bertz CT molecular complexity index is 482. The molecule has 0 amide bonds. The van der Waals surface area contributed by atoms with Crippen LogP contribution in [0.5, 0.6) is 11.6 Å². The number of hydrogen-bond acceptors (Lipinski definition) is 3. The zero-order chi connectivity index (χ0) is 12.8. The molecule has 0 unspecified atom stereocenters. The average molecular weight is 354 g/mol. The minimum Gasteiger partial charge on any atom is -0.439 e. The van der Waals surface area contributed by atoms with E-state index >= 15 is 0 Å². The van der Waals surface area contributed by atoms with Crippen molar-refractivity contribution in [3.63, 3.8) is 0 Å². The van der Waals surface area contributed by atoms with Crippen LogP contribution in [0.25, 0.3) is 0 Å². The minimum atomic E-state index is 0.622. The topological polar surface area (TPSA) is 34.1 Å². The normalized spacial score (nSPS) is 10.3. The van der Waals surface area contributed by atoms with Crippen molar-refractivity contribution < 1.29 is 4.74 Å². The van der Waals surface area contributed by atoms with Gasteiger partial charge in [-0.15, -0.1) is 0 Å². The molecule has 0 atom stereocenters. The molecule has 0 radical (unpaired) electrons.